The molecule has 116 valence electrons. The number of benzene rings is 1. The molecular weight excluding hydrogens is 262 g/mol. The van der Waals surface area contributed by atoms with Gasteiger partial charge in [-0.3, -0.25) is 9.69 Å². The molecule has 4 nitrogen and oxygen atoms in total. The van der Waals surface area contributed by atoms with Gasteiger partial charge in [-0.2, -0.15) is 0 Å². The summed E-state index contributed by atoms with van der Waals surface area (Å²) in [4.78, 5) is 14.4. The van der Waals surface area contributed by atoms with Crippen molar-refractivity contribution in [3.63, 3.8) is 0 Å². The van der Waals surface area contributed by atoms with E-state index in [9.17, 15) is 4.79 Å². The van der Waals surface area contributed by atoms with Crippen molar-refractivity contribution in [3.05, 3.63) is 29.3 Å². The van der Waals surface area contributed by atoms with Crippen molar-refractivity contribution in [1.29, 1.82) is 0 Å². The van der Waals surface area contributed by atoms with Gasteiger partial charge in [0.15, 0.2) is 0 Å². The van der Waals surface area contributed by atoms with Crippen LogP contribution in [0.2, 0.25) is 0 Å². The Morgan fingerprint density at radius 2 is 2.05 bits per heavy atom. The van der Waals surface area contributed by atoms with Gasteiger partial charge in [0.1, 0.15) is 0 Å². The normalized spacial score (nSPS) is 21.8. The Bertz CT molecular complexity index is 487. The highest BCUT2D eigenvalue weighted by atomic mass is 16.2. The third kappa shape index (κ3) is 4.29. The van der Waals surface area contributed by atoms with Crippen LogP contribution in [0.15, 0.2) is 18.2 Å². The fourth-order valence-corrected chi connectivity index (χ4v) is 3.15. The molecule has 0 aliphatic carbocycles. The van der Waals surface area contributed by atoms with Crippen LogP contribution in [0.3, 0.4) is 0 Å². The van der Waals surface area contributed by atoms with Gasteiger partial charge in [-0.15, -0.1) is 0 Å². The second-order valence-corrected chi connectivity index (χ2v) is 6.72. The molecule has 0 aromatic heterocycles. The smallest absolute Gasteiger partial charge is 0.238 e. The molecule has 1 saturated heterocycles. The van der Waals surface area contributed by atoms with Gasteiger partial charge >= 0.3 is 0 Å². The molecule has 1 amide bonds. The van der Waals surface area contributed by atoms with Crippen LogP contribution in [0.25, 0.3) is 0 Å². The first-order valence-electron chi connectivity index (χ1n) is 7.65. The fourth-order valence-electron chi connectivity index (χ4n) is 3.15. The van der Waals surface area contributed by atoms with E-state index in [1.807, 2.05) is 39.1 Å². The van der Waals surface area contributed by atoms with Gasteiger partial charge in [-0.1, -0.05) is 25.1 Å². The number of likely N-dealkylation sites (N-methyl/N-ethyl adjacent to an activating group) is 1. The van der Waals surface area contributed by atoms with Crippen molar-refractivity contribution < 1.29 is 4.79 Å². The lowest BCUT2D eigenvalue weighted by Crippen LogP contribution is -2.39. The van der Waals surface area contributed by atoms with Gasteiger partial charge in [0.05, 0.1) is 6.54 Å². The molecule has 1 unspecified atom stereocenters. The molecule has 21 heavy (non-hydrogen) atoms. The summed E-state index contributed by atoms with van der Waals surface area (Å²) in [6, 6.07) is 6.06. The quantitative estimate of drug-likeness (QED) is 0.873. The summed E-state index contributed by atoms with van der Waals surface area (Å²) < 4.78 is 0. The van der Waals surface area contributed by atoms with Crippen LogP contribution in [0.1, 0.15) is 24.5 Å². The first-order valence-corrected chi connectivity index (χ1v) is 7.65. The summed E-state index contributed by atoms with van der Waals surface area (Å²) in [5.74, 6) is 0.0597. The van der Waals surface area contributed by atoms with Crippen molar-refractivity contribution in [2.24, 2.45) is 5.41 Å². The zero-order chi connectivity index (χ0) is 15.5. The number of aryl methyl sites for hydroxylation is 2. The van der Waals surface area contributed by atoms with Crippen LogP contribution in [0.5, 0.6) is 0 Å². The zero-order valence-electron chi connectivity index (χ0n) is 13.6. The summed E-state index contributed by atoms with van der Waals surface area (Å²) in [7, 11) is 2.02. The average molecular weight is 289 g/mol. The van der Waals surface area contributed by atoms with E-state index in [2.05, 4.69) is 22.5 Å². The van der Waals surface area contributed by atoms with Crippen molar-refractivity contribution in [2.75, 3.05) is 38.5 Å². The largest absolute Gasteiger partial charge is 0.324 e. The van der Waals surface area contributed by atoms with E-state index >= 15 is 0 Å². The third-order valence-corrected chi connectivity index (χ3v) is 4.27. The molecule has 1 fully saturated rings. The minimum atomic E-state index is 0.0597. The van der Waals surface area contributed by atoms with Crippen LogP contribution < -0.4 is 10.6 Å². The summed E-state index contributed by atoms with van der Waals surface area (Å²) in [6.45, 7) is 9.83. The van der Waals surface area contributed by atoms with E-state index in [1.165, 1.54) is 6.42 Å². The number of para-hydroxylation sites is 1. The molecule has 2 N–H and O–H groups in total. The van der Waals surface area contributed by atoms with E-state index in [1.54, 1.807) is 0 Å². The van der Waals surface area contributed by atoms with Crippen LogP contribution >= 0.6 is 0 Å². The fraction of sp³-hybridized carbons (Fsp3) is 0.588. The lowest BCUT2D eigenvalue weighted by molar-refractivity contribution is -0.117. The van der Waals surface area contributed by atoms with Crippen LogP contribution in [-0.4, -0.2) is 44.0 Å². The Kier molecular flexibility index (Phi) is 5.01. The Hall–Kier alpha value is -1.39. The summed E-state index contributed by atoms with van der Waals surface area (Å²) in [5.41, 5.74) is 3.45. The monoisotopic (exact) mass is 289 g/mol. The molecule has 0 bridgehead atoms. The minimum Gasteiger partial charge on any atom is -0.324 e. The van der Waals surface area contributed by atoms with E-state index < -0.39 is 0 Å². The van der Waals surface area contributed by atoms with Gasteiger partial charge in [0.2, 0.25) is 5.91 Å². The number of carbonyl (C=O) groups excluding carboxylic acids is 1. The SMILES string of the molecule is Cc1cccc(C)c1NC(=O)CN(C)CC1(C)CCNC1. The maximum absolute atomic E-state index is 12.2. The van der Waals surface area contributed by atoms with Crippen molar-refractivity contribution in [3.8, 4) is 0 Å². The Balaban J connectivity index is 1.89. The van der Waals surface area contributed by atoms with E-state index in [0.717, 1.165) is 36.4 Å². The summed E-state index contributed by atoms with van der Waals surface area (Å²) in [6.07, 6.45) is 1.18. The Morgan fingerprint density at radius 1 is 1.38 bits per heavy atom. The van der Waals surface area contributed by atoms with Crippen LogP contribution in [0.4, 0.5) is 5.69 Å². The average Bonchev–Trinajstić information content (AvgIpc) is 2.80. The van der Waals surface area contributed by atoms with Crippen molar-refractivity contribution >= 4 is 11.6 Å². The molecule has 0 saturated carbocycles. The molecule has 0 radical (unpaired) electrons. The van der Waals surface area contributed by atoms with Gasteiger partial charge in [-0.05, 0) is 50.4 Å². The number of anilines is 1. The maximum Gasteiger partial charge on any atom is 0.238 e. The second-order valence-electron chi connectivity index (χ2n) is 6.72. The molecule has 1 aromatic rings. The zero-order valence-corrected chi connectivity index (χ0v) is 13.6. The van der Waals surface area contributed by atoms with Gasteiger partial charge < -0.3 is 10.6 Å². The lowest BCUT2D eigenvalue weighted by atomic mass is 9.89. The maximum atomic E-state index is 12.2. The number of rotatable bonds is 5. The Labute approximate surface area is 127 Å². The Morgan fingerprint density at radius 3 is 2.62 bits per heavy atom. The summed E-state index contributed by atoms with van der Waals surface area (Å²) >= 11 is 0. The molecule has 1 aliphatic rings. The first kappa shape index (κ1) is 16.0. The van der Waals surface area contributed by atoms with E-state index in [-0.39, 0.29) is 11.3 Å². The summed E-state index contributed by atoms with van der Waals surface area (Å²) in [5, 5.41) is 6.45. The van der Waals surface area contributed by atoms with E-state index in [4.69, 9.17) is 0 Å². The molecular formula is C17H27N3O. The lowest BCUT2D eigenvalue weighted by Gasteiger charge is -2.28. The highest BCUT2D eigenvalue weighted by molar-refractivity contribution is 5.93. The number of hydrogen-bond acceptors (Lipinski definition) is 3. The highest BCUT2D eigenvalue weighted by Gasteiger charge is 2.30. The van der Waals surface area contributed by atoms with Crippen molar-refractivity contribution in [2.45, 2.75) is 27.2 Å². The predicted octanol–water partition coefficient (Wildman–Crippen LogP) is 2.17. The van der Waals surface area contributed by atoms with Gasteiger partial charge in [-0.25, -0.2) is 0 Å². The number of nitrogens with one attached hydrogen (secondary N) is 2. The molecule has 1 atom stereocenters. The van der Waals surface area contributed by atoms with E-state index in [0.29, 0.717) is 6.54 Å². The number of hydrogen-bond donors (Lipinski definition) is 2. The van der Waals surface area contributed by atoms with Gasteiger partial charge in [0.25, 0.3) is 0 Å². The minimum absolute atomic E-state index is 0.0597. The topological polar surface area (TPSA) is 44.4 Å². The molecule has 0 spiro atoms. The standard InChI is InChI=1S/C17H27N3O/c1-13-6-5-7-14(2)16(13)19-15(21)10-20(4)12-17(3)8-9-18-11-17/h5-7,18H,8-12H2,1-4H3,(H,19,21). The molecule has 4 heteroatoms. The molecule has 2 rings (SSSR count). The number of amides is 1. The third-order valence-electron chi connectivity index (χ3n) is 4.27. The number of carbonyl (C=O) groups is 1. The van der Waals surface area contributed by atoms with Crippen molar-refractivity contribution in [1.82, 2.24) is 10.2 Å². The molecule has 1 aliphatic heterocycles. The second kappa shape index (κ2) is 6.58. The van der Waals surface area contributed by atoms with Crippen LogP contribution in [-0.2, 0) is 4.79 Å². The molecule has 1 heterocycles. The highest BCUT2D eigenvalue weighted by Crippen LogP contribution is 2.25. The van der Waals surface area contributed by atoms with Crippen LogP contribution in [0, 0.1) is 19.3 Å². The van der Waals surface area contributed by atoms with Gasteiger partial charge in [0, 0.05) is 18.8 Å². The first-order chi connectivity index (χ1) is 9.89. The predicted molar refractivity (Wildman–Crippen MR) is 87.6 cm³/mol. The number of nitrogens with zero attached hydrogens (tertiary/aromatic N) is 1. The molecule has 1 aromatic carbocycles.